The van der Waals surface area contributed by atoms with Crippen molar-refractivity contribution in [1.82, 2.24) is 0 Å². The van der Waals surface area contributed by atoms with E-state index in [1.165, 1.54) is 25.1 Å². The van der Waals surface area contributed by atoms with Gasteiger partial charge < -0.3 is 4.74 Å². The van der Waals surface area contributed by atoms with Crippen LogP contribution in [0.2, 0.25) is 0 Å². The van der Waals surface area contributed by atoms with E-state index in [1.54, 1.807) is 12.6 Å². The second-order valence-electron chi connectivity index (χ2n) is 2.54. The molecule has 2 radical (unpaired) electrons. The highest BCUT2D eigenvalue weighted by Gasteiger charge is 2.04. The van der Waals surface area contributed by atoms with Crippen molar-refractivity contribution in [3.05, 3.63) is 29.3 Å². The topological polar surface area (TPSA) is 60.4 Å². The zero-order valence-electron chi connectivity index (χ0n) is 7.37. The molecule has 0 unspecified atom stereocenters. The van der Waals surface area contributed by atoms with Crippen LogP contribution < -0.4 is 4.74 Å². The van der Waals surface area contributed by atoms with Gasteiger partial charge in [-0.2, -0.15) is 0 Å². The Morgan fingerprint density at radius 3 is 2.00 bits per heavy atom. The van der Waals surface area contributed by atoms with Crippen LogP contribution >= 0.6 is 0 Å². The van der Waals surface area contributed by atoms with Gasteiger partial charge in [0.25, 0.3) is 0 Å². The molecule has 0 amide bonds. The minimum Gasteiger partial charge on any atom is -0.427 e. The van der Waals surface area contributed by atoms with Gasteiger partial charge in [0.05, 0.1) is 0 Å². The normalized spacial score (nSPS) is 9.21. The predicted octanol–water partition coefficient (Wildman–Crippen LogP) is 0.528. The maximum Gasteiger partial charge on any atom is 0.308 e. The summed E-state index contributed by atoms with van der Waals surface area (Å²) in [6.45, 7) is 1.22. The van der Waals surface area contributed by atoms with Crippen molar-refractivity contribution < 1.29 is 19.1 Å². The maximum absolute atomic E-state index is 10.6. The Bertz CT molecular complexity index is 355. The zero-order chi connectivity index (χ0) is 10.6. The Morgan fingerprint density at radius 1 is 1.14 bits per heavy atom. The monoisotopic (exact) mass is 190 g/mol. The minimum atomic E-state index is -0.523. The lowest BCUT2D eigenvalue weighted by Gasteiger charge is -2.01. The summed E-state index contributed by atoms with van der Waals surface area (Å²) in [6.07, 6.45) is 3.19. The van der Waals surface area contributed by atoms with Gasteiger partial charge in [0.15, 0.2) is 0 Å². The molecule has 70 valence electrons. The highest BCUT2D eigenvalue weighted by Crippen LogP contribution is 2.15. The highest BCUT2D eigenvalue weighted by molar-refractivity contribution is 5.84. The van der Waals surface area contributed by atoms with Gasteiger partial charge in [-0.3, -0.25) is 14.4 Å². The van der Waals surface area contributed by atoms with Crippen molar-refractivity contribution in [2.45, 2.75) is 6.92 Å². The number of benzene rings is 1. The van der Waals surface area contributed by atoms with Gasteiger partial charge in [0, 0.05) is 18.1 Å². The lowest BCUT2D eigenvalue weighted by atomic mass is 10.1. The number of carbonyl (C=O) groups is 1. The Kier molecular flexibility index (Phi) is 3.12. The molecule has 0 saturated carbocycles. The average Bonchev–Trinajstić information content (AvgIpc) is 2.16. The fourth-order valence-electron chi connectivity index (χ4n) is 0.942. The molecular formula is C10H6O4. The van der Waals surface area contributed by atoms with Gasteiger partial charge in [-0.15, -0.1) is 0 Å². The van der Waals surface area contributed by atoms with Gasteiger partial charge in [-0.1, -0.05) is 0 Å². The smallest absolute Gasteiger partial charge is 0.308 e. The third kappa shape index (κ3) is 2.52. The third-order valence-electron chi connectivity index (χ3n) is 1.40. The highest BCUT2D eigenvalue weighted by atomic mass is 16.5. The van der Waals surface area contributed by atoms with Crippen molar-refractivity contribution in [2.75, 3.05) is 0 Å². The molecule has 14 heavy (non-hydrogen) atoms. The van der Waals surface area contributed by atoms with Crippen molar-refractivity contribution >= 4 is 18.5 Å². The summed E-state index contributed by atoms with van der Waals surface area (Å²) in [7, 11) is 0. The van der Waals surface area contributed by atoms with Crippen LogP contribution in [0.1, 0.15) is 18.1 Å². The Hall–Kier alpha value is -1.97. The standard InChI is InChI=1S/C10H6O4/c1-7(13)14-10-3-8(5-11)2-9(4-10)6-12/h2-4H,1H3. The van der Waals surface area contributed by atoms with Crippen LogP contribution in [0.3, 0.4) is 0 Å². The van der Waals surface area contributed by atoms with Crippen molar-refractivity contribution in [3.63, 3.8) is 0 Å². The summed E-state index contributed by atoms with van der Waals surface area (Å²) in [5, 5.41) is 0. The molecule has 0 fully saturated rings. The molecule has 0 atom stereocenters. The first kappa shape index (κ1) is 10.1. The molecule has 1 aromatic carbocycles. The summed E-state index contributed by atoms with van der Waals surface area (Å²) < 4.78 is 4.70. The SMILES string of the molecule is CC(=O)Oc1cc([C]=O)cc([C]=O)c1. The largest absolute Gasteiger partial charge is 0.427 e. The second kappa shape index (κ2) is 4.32. The maximum atomic E-state index is 10.6. The van der Waals surface area contributed by atoms with Gasteiger partial charge in [0.1, 0.15) is 5.75 Å². The number of ether oxygens (including phenoxy) is 1. The van der Waals surface area contributed by atoms with E-state index in [2.05, 4.69) is 0 Å². The fraction of sp³-hybridized carbons (Fsp3) is 0.100. The molecule has 0 N–H and O–H groups in total. The first-order valence-electron chi connectivity index (χ1n) is 3.75. The van der Waals surface area contributed by atoms with E-state index < -0.39 is 5.97 Å². The van der Waals surface area contributed by atoms with Crippen LogP contribution in [0.4, 0.5) is 0 Å². The van der Waals surface area contributed by atoms with E-state index in [0.717, 1.165) is 0 Å². The lowest BCUT2D eigenvalue weighted by Crippen LogP contribution is -2.02. The van der Waals surface area contributed by atoms with Crippen molar-refractivity contribution in [1.29, 1.82) is 0 Å². The summed E-state index contributed by atoms with van der Waals surface area (Å²) >= 11 is 0. The molecule has 0 heterocycles. The van der Waals surface area contributed by atoms with E-state index in [9.17, 15) is 14.4 Å². The Balaban J connectivity index is 3.09. The van der Waals surface area contributed by atoms with Crippen LogP contribution in [0.25, 0.3) is 0 Å². The number of esters is 1. The first-order valence-corrected chi connectivity index (χ1v) is 3.75. The quantitative estimate of drug-likeness (QED) is 0.515. The van der Waals surface area contributed by atoms with Crippen LogP contribution in [0, 0.1) is 0 Å². The molecule has 0 aromatic heterocycles. The average molecular weight is 190 g/mol. The summed E-state index contributed by atoms with van der Waals surface area (Å²) in [6, 6.07) is 3.93. The molecule has 1 aromatic rings. The molecule has 1 rings (SSSR count). The number of hydrogen-bond acceptors (Lipinski definition) is 4. The molecule has 0 aliphatic rings. The number of rotatable bonds is 3. The first-order chi connectivity index (χ1) is 6.65. The van der Waals surface area contributed by atoms with E-state index in [1.807, 2.05) is 0 Å². The van der Waals surface area contributed by atoms with Crippen molar-refractivity contribution in [2.24, 2.45) is 0 Å². The summed E-state index contributed by atoms with van der Waals surface area (Å²) in [4.78, 5) is 31.2. The van der Waals surface area contributed by atoms with E-state index in [4.69, 9.17) is 4.74 Å². The van der Waals surface area contributed by atoms with E-state index in [0.29, 0.717) is 0 Å². The van der Waals surface area contributed by atoms with Gasteiger partial charge in [-0.05, 0) is 18.2 Å². The summed E-state index contributed by atoms with van der Waals surface area (Å²) in [5.74, 6) is -0.387. The minimum absolute atomic E-state index is 0.136. The number of carbonyl (C=O) groups excluding carboxylic acids is 3. The van der Waals surface area contributed by atoms with Gasteiger partial charge in [0.2, 0.25) is 12.6 Å². The Morgan fingerprint density at radius 2 is 1.64 bits per heavy atom. The van der Waals surface area contributed by atoms with Crippen molar-refractivity contribution in [3.8, 4) is 5.75 Å². The molecule has 4 heteroatoms. The molecule has 4 nitrogen and oxygen atoms in total. The molecule has 0 spiro atoms. The second-order valence-corrected chi connectivity index (χ2v) is 2.54. The lowest BCUT2D eigenvalue weighted by molar-refractivity contribution is -0.131. The Labute approximate surface area is 80.5 Å². The molecule has 0 saturated heterocycles. The van der Waals surface area contributed by atoms with Crippen LogP contribution in [0.15, 0.2) is 18.2 Å². The zero-order valence-corrected chi connectivity index (χ0v) is 7.37. The van der Waals surface area contributed by atoms with Crippen LogP contribution in [-0.4, -0.2) is 18.5 Å². The molecular weight excluding hydrogens is 184 g/mol. The van der Waals surface area contributed by atoms with E-state index in [-0.39, 0.29) is 16.9 Å². The number of hydrogen-bond donors (Lipinski definition) is 0. The molecule has 0 aliphatic heterocycles. The van der Waals surface area contributed by atoms with Crippen LogP contribution in [0.5, 0.6) is 5.75 Å². The third-order valence-corrected chi connectivity index (χ3v) is 1.40. The van der Waals surface area contributed by atoms with E-state index >= 15 is 0 Å². The fourth-order valence-corrected chi connectivity index (χ4v) is 0.942. The molecule has 0 aliphatic carbocycles. The van der Waals surface area contributed by atoms with Gasteiger partial charge in [-0.25, -0.2) is 0 Å². The molecule has 0 bridgehead atoms. The van der Waals surface area contributed by atoms with Gasteiger partial charge >= 0.3 is 5.97 Å². The predicted molar refractivity (Wildman–Crippen MR) is 47.3 cm³/mol. The summed E-state index contributed by atoms with van der Waals surface area (Å²) in [5.41, 5.74) is 0.282. The van der Waals surface area contributed by atoms with Crippen LogP contribution in [-0.2, 0) is 14.4 Å².